The van der Waals surface area contributed by atoms with Gasteiger partial charge in [0.2, 0.25) is 0 Å². The van der Waals surface area contributed by atoms with E-state index in [0.717, 1.165) is 19.5 Å². The molecule has 2 rings (SSSR count). The quantitative estimate of drug-likeness (QED) is 0.842. The molecular formula is C15H20BrFN2O. The summed E-state index contributed by atoms with van der Waals surface area (Å²) < 4.78 is 13.8. The lowest BCUT2D eigenvalue weighted by atomic mass is 10.1. The van der Waals surface area contributed by atoms with E-state index in [0.29, 0.717) is 24.7 Å². The number of benzene rings is 1. The highest BCUT2D eigenvalue weighted by Gasteiger charge is 2.25. The number of rotatable bonds is 3. The second kappa shape index (κ2) is 6.68. The predicted molar refractivity (Wildman–Crippen MR) is 81.3 cm³/mol. The molecular weight excluding hydrogens is 323 g/mol. The highest BCUT2D eigenvalue weighted by atomic mass is 79.9. The van der Waals surface area contributed by atoms with Crippen LogP contribution in [0.3, 0.4) is 0 Å². The smallest absolute Gasteiger partial charge is 0.255 e. The maximum absolute atomic E-state index is 13.5. The normalized spacial score (nSPS) is 18.1. The van der Waals surface area contributed by atoms with Crippen LogP contribution in [0.2, 0.25) is 0 Å². The molecule has 0 radical (unpaired) electrons. The van der Waals surface area contributed by atoms with E-state index < -0.39 is 5.82 Å². The number of halogens is 2. The first-order valence-electron chi connectivity index (χ1n) is 7.02. The van der Waals surface area contributed by atoms with Crippen LogP contribution < -0.4 is 0 Å². The lowest BCUT2D eigenvalue weighted by molar-refractivity contribution is 0.0578. The zero-order chi connectivity index (χ0) is 14.7. The Morgan fingerprint density at radius 3 is 2.60 bits per heavy atom. The highest BCUT2D eigenvalue weighted by Crippen LogP contribution is 2.22. The Hall–Kier alpha value is -0.940. The van der Waals surface area contributed by atoms with Crippen LogP contribution in [0.5, 0.6) is 0 Å². The van der Waals surface area contributed by atoms with Gasteiger partial charge in [-0.05, 0) is 41.4 Å². The van der Waals surface area contributed by atoms with Crippen LogP contribution >= 0.6 is 15.9 Å². The van der Waals surface area contributed by atoms with Crippen molar-refractivity contribution >= 4 is 21.8 Å². The van der Waals surface area contributed by atoms with Gasteiger partial charge in [-0.1, -0.05) is 13.0 Å². The van der Waals surface area contributed by atoms with Crippen molar-refractivity contribution < 1.29 is 9.18 Å². The Morgan fingerprint density at radius 1 is 1.35 bits per heavy atom. The number of amides is 1. The summed E-state index contributed by atoms with van der Waals surface area (Å²) in [4.78, 5) is 16.6. The summed E-state index contributed by atoms with van der Waals surface area (Å²) in [5.41, 5.74) is 0.405. The zero-order valence-electron chi connectivity index (χ0n) is 11.9. The Kier molecular flexibility index (Phi) is 5.16. The van der Waals surface area contributed by atoms with E-state index in [1.807, 2.05) is 0 Å². The average Bonchev–Trinajstić information content (AvgIpc) is 2.48. The predicted octanol–water partition coefficient (Wildman–Crippen LogP) is 3.14. The number of hydrogen-bond acceptors (Lipinski definition) is 2. The molecule has 110 valence electrons. The van der Waals surface area contributed by atoms with Crippen molar-refractivity contribution in [2.24, 2.45) is 0 Å². The first-order valence-corrected chi connectivity index (χ1v) is 7.81. The first kappa shape index (κ1) is 15.4. The Morgan fingerprint density at radius 2 is 2.00 bits per heavy atom. The van der Waals surface area contributed by atoms with Gasteiger partial charge >= 0.3 is 0 Å². The number of piperazine rings is 1. The summed E-state index contributed by atoms with van der Waals surface area (Å²) in [6, 6.07) is 5.13. The van der Waals surface area contributed by atoms with Crippen LogP contribution in [0.15, 0.2) is 22.7 Å². The average molecular weight is 343 g/mol. The SMILES string of the molecule is CCC(C)N1CCN(C(=O)c2cccc(F)c2Br)CC1. The summed E-state index contributed by atoms with van der Waals surface area (Å²) in [5.74, 6) is -0.491. The van der Waals surface area contributed by atoms with Crippen molar-refractivity contribution in [3.05, 3.63) is 34.1 Å². The molecule has 0 bridgehead atoms. The van der Waals surface area contributed by atoms with E-state index in [1.54, 1.807) is 17.0 Å². The first-order chi connectivity index (χ1) is 9.54. The van der Waals surface area contributed by atoms with Crippen LogP contribution in [0.25, 0.3) is 0 Å². The van der Waals surface area contributed by atoms with Gasteiger partial charge in [0.1, 0.15) is 5.82 Å². The fraction of sp³-hybridized carbons (Fsp3) is 0.533. The van der Waals surface area contributed by atoms with E-state index in [4.69, 9.17) is 0 Å². The third-order valence-corrected chi connectivity index (χ3v) is 4.80. The minimum Gasteiger partial charge on any atom is -0.336 e. The van der Waals surface area contributed by atoms with Crippen LogP contribution in [0.4, 0.5) is 4.39 Å². The molecule has 1 aliphatic rings. The highest BCUT2D eigenvalue weighted by molar-refractivity contribution is 9.10. The molecule has 0 spiro atoms. The van der Waals surface area contributed by atoms with Crippen molar-refractivity contribution in [1.82, 2.24) is 9.80 Å². The summed E-state index contributed by atoms with van der Waals surface area (Å²) in [7, 11) is 0. The molecule has 1 unspecified atom stereocenters. The molecule has 0 aliphatic carbocycles. The Bertz CT molecular complexity index is 487. The van der Waals surface area contributed by atoms with Gasteiger partial charge in [-0.2, -0.15) is 0 Å². The lowest BCUT2D eigenvalue weighted by Gasteiger charge is -2.38. The van der Waals surface area contributed by atoms with Gasteiger partial charge < -0.3 is 4.90 Å². The molecule has 1 atom stereocenters. The number of carbonyl (C=O) groups is 1. The molecule has 5 heteroatoms. The van der Waals surface area contributed by atoms with Gasteiger partial charge in [-0.25, -0.2) is 4.39 Å². The lowest BCUT2D eigenvalue weighted by Crippen LogP contribution is -2.51. The molecule has 1 aromatic carbocycles. The maximum Gasteiger partial charge on any atom is 0.255 e. The van der Waals surface area contributed by atoms with Crippen LogP contribution in [-0.4, -0.2) is 47.9 Å². The molecule has 1 aliphatic heterocycles. The number of hydrogen-bond donors (Lipinski definition) is 0. The number of nitrogens with zero attached hydrogens (tertiary/aromatic N) is 2. The minimum atomic E-state index is -0.394. The fourth-order valence-electron chi connectivity index (χ4n) is 2.46. The molecule has 1 heterocycles. The third kappa shape index (κ3) is 3.20. The summed E-state index contributed by atoms with van der Waals surface area (Å²) in [6.07, 6.45) is 1.11. The summed E-state index contributed by atoms with van der Waals surface area (Å²) >= 11 is 3.16. The summed E-state index contributed by atoms with van der Waals surface area (Å²) in [5, 5.41) is 0. The molecule has 3 nitrogen and oxygen atoms in total. The molecule has 0 saturated carbocycles. The Labute approximate surface area is 127 Å². The second-order valence-electron chi connectivity index (χ2n) is 5.19. The van der Waals surface area contributed by atoms with E-state index in [-0.39, 0.29) is 10.4 Å². The van der Waals surface area contributed by atoms with Gasteiger partial charge in [0.25, 0.3) is 5.91 Å². The van der Waals surface area contributed by atoms with Gasteiger partial charge in [0, 0.05) is 32.2 Å². The fourth-order valence-corrected chi connectivity index (χ4v) is 2.90. The standard InChI is InChI=1S/C15H20BrFN2O/c1-3-11(2)18-7-9-19(10-8-18)15(20)12-5-4-6-13(17)14(12)16/h4-6,11H,3,7-10H2,1-2H3. The van der Waals surface area contributed by atoms with Crippen molar-refractivity contribution in [2.75, 3.05) is 26.2 Å². The molecule has 1 fully saturated rings. The number of carbonyl (C=O) groups excluding carboxylic acids is 1. The molecule has 0 N–H and O–H groups in total. The summed E-state index contributed by atoms with van der Waals surface area (Å²) in [6.45, 7) is 7.55. The molecule has 20 heavy (non-hydrogen) atoms. The van der Waals surface area contributed by atoms with Crippen LogP contribution in [0.1, 0.15) is 30.6 Å². The van der Waals surface area contributed by atoms with Crippen molar-refractivity contribution in [3.8, 4) is 0 Å². The van der Waals surface area contributed by atoms with Gasteiger partial charge in [0.05, 0.1) is 10.0 Å². The van der Waals surface area contributed by atoms with Crippen molar-refractivity contribution in [2.45, 2.75) is 26.3 Å². The topological polar surface area (TPSA) is 23.6 Å². The van der Waals surface area contributed by atoms with Crippen LogP contribution in [-0.2, 0) is 0 Å². The van der Waals surface area contributed by atoms with Gasteiger partial charge in [-0.3, -0.25) is 9.69 Å². The second-order valence-corrected chi connectivity index (χ2v) is 5.98. The van der Waals surface area contributed by atoms with E-state index in [9.17, 15) is 9.18 Å². The van der Waals surface area contributed by atoms with Crippen LogP contribution in [0, 0.1) is 5.82 Å². The molecule has 1 amide bonds. The molecule has 1 saturated heterocycles. The zero-order valence-corrected chi connectivity index (χ0v) is 13.5. The monoisotopic (exact) mass is 342 g/mol. The Balaban J connectivity index is 2.03. The van der Waals surface area contributed by atoms with Crippen molar-refractivity contribution in [1.29, 1.82) is 0 Å². The van der Waals surface area contributed by atoms with E-state index in [1.165, 1.54) is 6.07 Å². The molecule has 1 aromatic rings. The minimum absolute atomic E-state index is 0.0971. The largest absolute Gasteiger partial charge is 0.336 e. The maximum atomic E-state index is 13.5. The van der Waals surface area contributed by atoms with Gasteiger partial charge in [-0.15, -0.1) is 0 Å². The molecule has 0 aromatic heterocycles. The van der Waals surface area contributed by atoms with Gasteiger partial charge in [0.15, 0.2) is 0 Å². The third-order valence-electron chi connectivity index (χ3n) is 4.00. The van der Waals surface area contributed by atoms with Crippen molar-refractivity contribution in [3.63, 3.8) is 0 Å². The van der Waals surface area contributed by atoms with E-state index in [2.05, 4.69) is 34.7 Å². The van der Waals surface area contributed by atoms with E-state index >= 15 is 0 Å².